The Balaban J connectivity index is 1.39. The van der Waals surface area contributed by atoms with Gasteiger partial charge in [0.2, 0.25) is 5.91 Å². The van der Waals surface area contributed by atoms with Crippen LogP contribution in [-0.4, -0.2) is 41.2 Å². The molecule has 3 aromatic rings. The Morgan fingerprint density at radius 1 is 1.30 bits per heavy atom. The number of carbonyl (C=O) groups excluding carboxylic acids is 1. The number of thiophene rings is 2. The fraction of sp³-hybridized carbons (Fsp3) is 0.440. The largest absolute Gasteiger partial charge is 0.376 e. The first-order valence-electron chi connectivity index (χ1n) is 11.4. The number of hydrogen-bond acceptors (Lipinski definition) is 6. The lowest BCUT2D eigenvalue weighted by Crippen LogP contribution is -2.40. The zero-order valence-electron chi connectivity index (χ0n) is 19.0. The summed E-state index contributed by atoms with van der Waals surface area (Å²) < 4.78 is 7.90. The highest BCUT2D eigenvalue weighted by Crippen LogP contribution is 2.39. The average molecular weight is 481 g/mol. The molecule has 6 nitrogen and oxygen atoms in total. The second kappa shape index (κ2) is 9.43. The van der Waals surface area contributed by atoms with Crippen molar-refractivity contribution in [2.45, 2.75) is 51.8 Å². The summed E-state index contributed by atoms with van der Waals surface area (Å²) in [5.41, 5.74) is 3.79. The molecule has 1 saturated heterocycles. The van der Waals surface area contributed by atoms with Crippen LogP contribution in [0.4, 0.5) is 5.82 Å². The summed E-state index contributed by atoms with van der Waals surface area (Å²) >= 11 is 3.54. The smallest absolute Gasteiger partial charge is 0.239 e. The lowest BCUT2D eigenvalue weighted by atomic mass is 9.98. The van der Waals surface area contributed by atoms with Crippen LogP contribution >= 0.6 is 22.7 Å². The highest BCUT2D eigenvalue weighted by Gasteiger charge is 2.32. The summed E-state index contributed by atoms with van der Waals surface area (Å²) in [6.45, 7) is 6.52. The molecule has 3 aromatic heterocycles. The van der Waals surface area contributed by atoms with Crippen LogP contribution in [0.25, 0.3) is 0 Å². The minimum atomic E-state index is -0.0853. The number of anilines is 1. The van der Waals surface area contributed by atoms with Crippen molar-refractivity contribution in [2.24, 2.45) is 0 Å². The van der Waals surface area contributed by atoms with Gasteiger partial charge in [-0.15, -0.1) is 22.7 Å². The average Bonchev–Trinajstić information content (AvgIpc) is 3.61. The summed E-state index contributed by atoms with van der Waals surface area (Å²) in [5.74, 6) is 0.520. The standard InChI is InChI=1S/C25H28N4O2S2/c1-16-17(2)29(14-18-5-3-10-31-18)25(20(16)13-26)27-23(30)15-28-9-7-21-19(8-12-33-21)24(28)22-6-4-11-32-22/h4,6,8,11-12,18,24H,3,5,7,9-10,14-15H2,1-2H3,(H,27,30). The summed E-state index contributed by atoms with van der Waals surface area (Å²) in [7, 11) is 0. The number of carbonyl (C=O) groups is 1. The molecule has 0 saturated carbocycles. The van der Waals surface area contributed by atoms with E-state index in [4.69, 9.17) is 4.74 Å². The van der Waals surface area contributed by atoms with Crippen molar-refractivity contribution in [3.8, 4) is 6.07 Å². The SMILES string of the molecule is Cc1c(C#N)c(NC(=O)CN2CCc3sccc3C2c2cccs2)n(CC2CCCO2)c1C. The van der Waals surface area contributed by atoms with Gasteiger partial charge in [-0.2, -0.15) is 5.26 Å². The highest BCUT2D eigenvalue weighted by atomic mass is 32.1. The van der Waals surface area contributed by atoms with E-state index >= 15 is 0 Å². The zero-order chi connectivity index (χ0) is 22.9. The van der Waals surface area contributed by atoms with Crippen LogP contribution in [0, 0.1) is 25.2 Å². The highest BCUT2D eigenvalue weighted by molar-refractivity contribution is 7.10. The van der Waals surface area contributed by atoms with Gasteiger partial charge in [0, 0.05) is 28.6 Å². The van der Waals surface area contributed by atoms with Gasteiger partial charge in [-0.1, -0.05) is 6.07 Å². The van der Waals surface area contributed by atoms with Crippen LogP contribution < -0.4 is 5.32 Å². The van der Waals surface area contributed by atoms with E-state index in [1.54, 1.807) is 22.7 Å². The third kappa shape index (κ3) is 4.26. The monoisotopic (exact) mass is 480 g/mol. The minimum absolute atomic E-state index is 0.0853. The van der Waals surface area contributed by atoms with Crippen molar-refractivity contribution in [3.63, 3.8) is 0 Å². The molecule has 1 fully saturated rings. The van der Waals surface area contributed by atoms with Gasteiger partial charge in [0.05, 0.1) is 30.8 Å². The topological polar surface area (TPSA) is 70.3 Å². The Bertz CT molecular complexity index is 1180. The second-order valence-corrected chi connectivity index (χ2v) is 10.8. The molecule has 0 aromatic carbocycles. The van der Waals surface area contributed by atoms with Crippen molar-refractivity contribution in [1.29, 1.82) is 5.26 Å². The Kier molecular flexibility index (Phi) is 6.39. The molecule has 5 heterocycles. The number of nitrogens with zero attached hydrogens (tertiary/aromatic N) is 3. The Morgan fingerprint density at radius 3 is 2.91 bits per heavy atom. The number of hydrogen-bond donors (Lipinski definition) is 1. The van der Waals surface area contributed by atoms with Crippen molar-refractivity contribution >= 4 is 34.4 Å². The van der Waals surface area contributed by atoms with Crippen LogP contribution in [0.3, 0.4) is 0 Å². The fourth-order valence-corrected chi connectivity index (χ4v) is 6.81. The normalized spacial score (nSPS) is 20.5. The van der Waals surface area contributed by atoms with E-state index in [1.807, 2.05) is 13.8 Å². The molecule has 2 aliphatic heterocycles. The first kappa shape index (κ1) is 22.4. The Morgan fingerprint density at radius 2 is 2.18 bits per heavy atom. The lowest BCUT2D eigenvalue weighted by molar-refractivity contribution is -0.117. The molecule has 0 spiro atoms. The van der Waals surface area contributed by atoms with E-state index < -0.39 is 0 Å². The van der Waals surface area contributed by atoms with Crippen molar-refractivity contribution < 1.29 is 9.53 Å². The van der Waals surface area contributed by atoms with Crippen molar-refractivity contribution in [3.05, 3.63) is 61.1 Å². The maximum absolute atomic E-state index is 13.3. The second-order valence-electron chi connectivity index (χ2n) is 8.78. The first-order chi connectivity index (χ1) is 16.1. The molecule has 2 atom stereocenters. The third-order valence-electron chi connectivity index (χ3n) is 6.83. The molecule has 5 rings (SSSR count). The van der Waals surface area contributed by atoms with Gasteiger partial charge in [-0.05, 0) is 67.1 Å². The zero-order valence-corrected chi connectivity index (χ0v) is 20.6. The fourth-order valence-electron chi connectivity index (χ4n) is 5.03. The molecular formula is C25H28N4O2S2. The van der Waals surface area contributed by atoms with Crippen LogP contribution in [0.15, 0.2) is 29.0 Å². The Labute approximate surface area is 202 Å². The van der Waals surface area contributed by atoms with Gasteiger partial charge < -0.3 is 14.6 Å². The summed E-state index contributed by atoms with van der Waals surface area (Å²) in [6.07, 6.45) is 3.14. The molecule has 172 valence electrons. The Hall–Kier alpha value is -2.44. The maximum atomic E-state index is 13.3. The molecule has 0 aliphatic carbocycles. The number of nitrogens with one attached hydrogen (secondary N) is 1. The van der Waals surface area contributed by atoms with Gasteiger partial charge in [0.25, 0.3) is 0 Å². The number of ether oxygens (including phenoxy) is 1. The van der Waals surface area contributed by atoms with Gasteiger partial charge in [0.15, 0.2) is 0 Å². The summed E-state index contributed by atoms with van der Waals surface area (Å²) in [4.78, 5) is 18.3. The van der Waals surface area contributed by atoms with E-state index in [0.29, 0.717) is 17.9 Å². The van der Waals surface area contributed by atoms with Crippen LogP contribution in [0.1, 0.15) is 51.0 Å². The number of rotatable bonds is 6. The molecule has 8 heteroatoms. The quantitative estimate of drug-likeness (QED) is 0.547. The van der Waals surface area contributed by atoms with Crippen LogP contribution in [-0.2, 0) is 22.5 Å². The summed E-state index contributed by atoms with van der Waals surface area (Å²) in [5, 5.41) is 17.2. The molecule has 0 bridgehead atoms. The van der Waals surface area contributed by atoms with Gasteiger partial charge in [-0.3, -0.25) is 9.69 Å². The number of nitriles is 1. The predicted molar refractivity (Wildman–Crippen MR) is 132 cm³/mol. The molecule has 0 radical (unpaired) electrons. The van der Waals surface area contributed by atoms with Crippen LogP contribution in [0.5, 0.6) is 0 Å². The number of amides is 1. The molecule has 1 amide bonds. The predicted octanol–water partition coefficient (Wildman–Crippen LogP) is 4.86. The third-order valence-corrected chi connectivity index (χ3v) is 8.76. The van der Waals surface area contributed by atoms with E-state index in [2.05, 4.69) is 49.8 Å². The van der Waals surface area contributed by atoms with Gasteiger partial charge >= 0.3 is 0 Å². The first-order valence-corrected chi connectivity index (χ1v) is 13.2. The van der Waals surface area contributed by atoms with Gasteiger partial charge in [-0.25, -0.2) is 0 Å². The minimum Gasteiger partial charge on any atom is -0.376 e. The number of aromatic nitrogens is 1. The summed E-state index contributed by atoms with van der Waals surface area (Å²) in [6, 6.07) is 8.83. The van der Waals surface area contributed by atoms with E-state index in [0.717, 1.165) is 43.7 Å². The molecule has 33 heavy (non-hydrogen) atoms. The van der Waals surface area contributed by atoms with E-state index in [1.165, 1.54) is 15.3 Å². The van der Waals surface area contributed by atoms with Gasteiger partial charge in [0.1, 0.15) is 11.9 Å². The van der Waals surface area contributed by atoms with E-state index in [9.17, 15) is 10.1 Å². The number of fused-ring (bicyclic) bond motifs is 1. The van der Waals surface area contributed by atoms with E-state index in [-0.39, 0.29) is 24.6 Å². The molecular weight excluding hydrogens is 452 g/mol. The lowest BCUT2D eigenvalue weighted by Gasteiger charge is -2.34. The molecule has 1 N–H and O–H groups in total. The molecule has 2 unspecified atom stereocenters. The maximum Gasteiger partial charge on any atom is 0.239 e. The molecule has 2 aliphatic rings. The van der Waals surface area contributed by atoms with Crippen molar-refractivity contribution in [1.82, 2.24) is 9.47 Å². The van der Waals surface area contributed by atoms with Crippen molar-refractivity contribution in [2.75, 3.05) is 25.0 Å². The van der Waals surface area contributed by atoms with Crippen LogP contribution in [0.2, 0.25) is 0 Å².